The van der Waals surface area contributed by atoms with Crippen LogP contribution in [0.5, 0.6) is 0 Å². The molecular weight excluding hydrogens is 240 g/mol. The molecule has 8 heteroatoms. The van der Waals surface area contributed by atoms with Crippen LogP contribution in [0.25, 0.3) is 5.78 Å². The molecule has 0 amide bonds. The van der Waals surface area contributed by atoms with E-state index in [4.69, 9.17) is 9.84 Å². The molecule has 8 nitrogen and oxygen atoms in total. The molecule has 18 heavy (non-hydrogen) atoms. The molecule has 3 atom stereocenters. The number of ether oxygens (including phenoxy) is 1. The van der Waals surface area contributed by atoms with Crippen LogP contribution in [0.15, 0.2) is 23.5 Å². The van der Waals surface area contributed by atoms with Crippen molar-refractivity contribution in [3.8, 4) is 0 Å². The number of aromatic nitrogens is 4. The quantitative estimate of drug-likeness (QED) is 0.676. The monoisotopic (exact) mass is 252 g/mol. The molecule has 1 aliphatic heterocycles. The number of fused-ring (bicyclic) bond motifs is 1. The molecule has 2 N–H and O–H groups in total. The summed E-state index contributed by atoms with van der Waals surface area (Å²) < 4.78 is 8.44. The van der Waals surface area contributed by atoms with Crippen LogP contribution in [-0.2, 0) is 4.74 Å². The highest BCUT2D eigenvalue weighted by Gasteiger charge is 2.35. The standard InChI is InChI=1S/C10H12N4O4/c15-4-7-6(16)3-8(18-7)13-1-2-14-9(13)11-5-12-10(14)17/h1-2,5-8,15-16H,3-4H2/t6-,7+,8+/m0/s1. The van der Waals surface area contributed by atoms with Gasteiger partial charge in [-0.2, -0.15) is 4.98 Å². The molecule has 1 aliphatic rings. The molecule has 0 spiro atoms. The number of aliphatic hydroxyl groups is 2. The minimum absolute atomic E-state index is 0.244. The van der Waals surface area contributed by atoms with Crippen molar-refractivity contribution in [2.45, 2.75) is 24.9 Å². The molecule has 3 heterocycles. The third kappa shape index (κ3) is 1.62. The lowest BCUT2D eigenvalue weighted by Crippen LogP contribution is -2.24. The van der Waals surface area contributed by atoms with Gasteiger partial charge in [0, 0.05) is 18.8 Å². The number of imidazole rings is 1. The van der Waals surface area contributed by atoms with E-state index >= 15 is 0 Å². The molecule has 3 rings (SSSR count). The van der Waals surface area contributed by atoms with E-state index in [1.54, 1.807) is 17.0 Å². The van der Waals surface area contributed by atoms with Crippen LogP contribution in [0.2, 0.25) is 0 Å². The van der Waals surface area contributed by atoms with Gasteiger partial charge in [-0.1, -0.05) is 0 Å². The topological polar surface area (TPSA) is 102 Å². The summed E-state index contributed by atoms with van der Waals surface area (Å²) in [7, 11) is 0. The van der Waals surface area contributed by atoms with Crippen molar-refractivity contribution >= 4 is 5.78 Å². The van der Waals surface area contributed by atoms with Crippen molar-refractivity contribution in [3.63, 3.8) is 0 Å². The summed E-state index contributed by atoms with van der Waals surface area (Å²) in [5.74, 6) is 0.394. The summed E-state index contributed by atoms with van der Waals surface area (Å²) >= 11 is 0. The number of nitrogens with zero attached hydrogens (tertiary/aromatic N) is 4. The highest BCUT2D eigenvalue weighted by molar-refractivity contribution is 5.28. The summed E-state index contributed by atoms with van der Waals surface area (Å²) in [5, 5.41) is 18.7. The van der Waals surface area contributed by atoms with Gasteiger partial charge in [-0.3, -0.25) is 4.57 Å². The van der Waals surface area contributed by atoms with Crippen molar-refractivity contribution < 1.29 is 14.9 Å². The fraction of sp³-hybridized carbons (Fsp3) is 0.500. The first-order valence-electron chi connectivity index (χ1n) is 5.55. The van der Waals surface area contributed by atoms with E-state index in [1.165, 1.54) is 10.7 Å². The van der Waals surface area contributed by atoms with Gasteiger partial charge in [0.05, 0.1) is 12.7 Å². The molecule has 96 valence electrons. The molecule has 2 aromatic rings. The number of aliphatic hydroxyl groups excluding tert-OH is 2. The van der Waals surface area contributed by atoms with Crippen molar-refractivity contribution in [2.24, 2.45) is 0 Å². The molecule has 0 aliphatic carbocycles. The number of hydrogen-bond acceptors (Lipinski definition) is 6. The first kappa shape index (κ1) is 11.3. The van der Waals surface area contributed by atoms with Gasteiger partial charge in [-0.25, -0.2) is 14.2 Å². The summed E-state index contributed by atoms with van der Waals surface area (Å²) in [6, 6.07) is 0. The third-order valence-corrected chi connectivity index (χ3v) is 3.06. The van der Waals surface area contributed by atoms with Gasteiger partial charge in [-0.15, -0.1) is 0 Å². The van der Waals surface area contributed by atoms with Gasteiger partial charge in [0.1, 0.15) is 18.7 Å². The highest BCUT2D eigenvalue weighted by atomic mass is 16.5. The maximum Gasteiger partial charge on any atom is 0.356 e. The third-order valence-electron chi connectivity index (χ3n) is 3.06. The van der Waals surface area contributed by atoms with Gasteiger partial charge in [-0.05, 0) is 0 Å². The fourth-order valence-electron chi connectivity index (χ4n) is 2.14. The first-order chi connectivity index (χ1) is 8.70. The van der Waals surface area contributed by atoms with Crippen molar-refractivity contribution in [1.82, 2.24) is 18.9 Å². The van der Waals surface area contributed by atoms with Gasteiger partial charge >= 0.3 is 5.69 Å². The predicted molar refractivity (Wildman–Crippen MR) is 58.9 cm³/mol. The van der Waals surface area contributed by atoms with Crippen LogP contribution in [0.3, 0.4) is 0 Å². The average molecular weight is 252 g/mol. The second-order valence-corrected chi connectivity index (χ2v) is 4.15. The summed E-state index contributed by atoms with van der Waals surface area (Å²) in [6.07, 6.45) is 2.93. The Morgan fingerprint density at radius 2 is 2.28 bits per heavy atom. The zero-order chi connectivity index (χ0) is 12.7. The van der Waals surface area contributed by atoms with Gasteiger partial charge in [0.2, 0.25) is 5.78 Å². The SMILES string of the molecule is O=c1ncnc2n([C@H]3C[C@H](O)[C@@H](CO)O3)ccn12. The van der Waals surface area contributed by atoms with Crippen molar-refractivity contribution in [2.75, 3.05) is 6.61 Å². The van der Waals surface area contributed by atoms with Crippen LogP contribution in [0.4, 0.5) is 0 Å². The Kier molecular flexibility index (Phi) is 2.62. The lowest BCUT2D eigenvalue weighted by Gasteiger charge is -2.13. The minimum atomic E-state index is -0.726. The van der Waals surface area contributed by atoms with Crippen molar-refractivity contribution in [3.05, 3.63) is 29.2 Å². The van der Waals surface area contributed by atoms with Crippen LogP contribution in [0.1, 0.15) is 12.6 Å². The lowest BCUT2D eigenvalue weighted by atomic mass is 10.2. The largest absolute Gasteiger partial charge is 0.394 e. The predicted octanol–water partition coefficient (Wildman–Crippen LogP) is -1.47. The van der Waals surface area contributed by atoms with E-state index in [0.29, 0.717) is 12.2 Å². The van der Waals surface area contributed by atoms with E-state index in [2.05, 4.69) is 9.97 Å². The van der Waals surface area contributed by atoms with E-state index in [9.17, 15) is 9.90 Å². The van der Waals surface area contributed by atoms with Gasteiger partial charge in [0.25, 0.3) is 0 Å². The van der Waals surface area contributed by atoms with E-state index in [0.717, 1.165) is 0 Å². The second-order valence-electron chi connectivity index (χ2n) is 4.15. The number of hydrogen-bond donors (Lipinski definition) is 2. The Labute approximate surface area is 101 Å². The van der Waals surface area contributed by atoms with Gasteiger partial charge in [0.15, 0.2) is 0 Å². The van der Waals surface area contributed by atoms with Crippen LogP contribution < -0.4 is 5.69 Å². The minimum Gasteiger partial charge on any atom is -0.394 e. The summed E-state index contributed by atoms with van der Waals surface area (Å²) in [5.41, 5.74) is -0.420. The average Bonchev–Trinajstić information content (AvgIpc) is 2.93. The zero-order valence-corrected chi connectivity index (χ0v) is 9.38. The smallest absolute Gasteiger partial charge is 0.356 e. The van der Waals surface area contributed by atoms with E-state index < -0.39 is 24.1 Å². The first-order valence-corrected chi connectivity index (χ1v) is 5.55. The maximum atomic E-state index is 11.5. The lowest BCUT2D eigenvalue weighted by molar-refractivity contribution is -0.0432. The normalized spacial score (nSPS) is 28.0. The number of rotatable bonds is 2. The Balaban J connectivity index is 2.01. The Bertz CT molecular complexity index is 622. The second kappa shape index (κ2) is 4.16. The Hall–Kier alpha value is -1.77. The summed E-state index contributed by atoms with van der Waals surface area (Å²) in [4.78, 5) is 19.0. The molecular formula is C10H12N4O4. The van der Waals surface area contributed by atoms with E-state index in [-0.39, 0.29) is 6.61 Å². The molecule has 0 radical (unpaired) electrons. The molecule has 1 saturated heterocycles. The Morgan fingerprint density at radius 3 is 3.00 bits per heavy atom. The molecule has 1 fully saturated rings. The van der Waals surface area contributed by atoms with Crippen LogP contribution >= 0.6 is 0 Å². The molecule has 0 saturated carbocycles. The summed E-state index contributed by atoms with van der Waals surface area (Å²) in [6.45, 7) is -0.244. The zero-order valence-electron chi connectivity index (χ0n) is 9.38. The van der Waals surface area contributed by atoms with Crippen molar-refractivity contribution in [1.29, 1.82) is 0 Å². The van der Waals surface area contributed by atoms with Crippen LogP contribution in [-0.4, -0.2) is 48.0 Å². The fourth-order valence-corrected chi connectivity index (χ4v) is 2.14. The molecule has 0 bridgehead atoms. The highest BCUT2D eigenvalue weighted by Crippen LogP contribution is 2.29. The molecule has 0 aromatic carbocycles. The molecule has 0 unspecified atom stereocenters. The van der Waals surface area contributed by atoms with Gasteiger partial charge < -0.3 is 14.9 Å². The van der Waals surface area contributed by atoms with E-state index in [1.807, 2.05) is 0 Å². The maximum absolute atomic E-state index is 11.5. The Morgan fingerprint density at radius 1 is 1.44 bits per heavy atom. The molecule has 2 aromatic heterocycles. The van der Waals surface area contributed by atoms with Crippen LogP contribution in [0, 0.1) is 0 Å².